The lowest BCUT2D eigenvalue weighted by atomic mass is 9.68. The first-order valence-electron chi connectivity index (χ1n) is 7.74. The summed E-state index contributed by atoms with van der Waals surface area (Å²) in [6, 6.07) is 0. The average molecular weight is 293 g/mol. The molecule has 1 saturated heterocycles. The van der Waals surface area contributed by atoms with Crippen LogP contribution in [0, 0.1) is 12.3 Å². The van der Waals surface area contributed by atoms with Crippen molar-refractivity contribution in [1.29, 1.82) is 0 Å². The van der Waals surface area contributed by atoms with Gasteiger partial charge in [-0.15, -0.1) is 0 Å². The normalized spacial score (nSPS) is 22.8. The third kappa shape index (κ3) is 2.81. The molecule has 0 aromatic carbocycles. The molecule has 0 atom stereocenters. The molecule has 0 amide bonds. The van der Waals surface area contributed by atoms with Crippen LogP contribution in [0.25, 0.3) is 0 Å². The van der Waals surface area contributed by atoms with Gasteiger partial charge in [-0.25, -0.2) is 0 Å². The van der Waals surface area contributed by atoms with E-state index in [1.54, 1.807) is 0 Å². The van der Waals surface area contributed by atoms with Gasteiger partial charge in [0.05, 0.1) is 12.5 Å². The van der Waals surface area contributed by atoms with E-state index in [-0.39, 0.29) is 11.4 Å². The molecule has 1 aliphatic carbocycles. The lowest BCUT2D eigenvalue weighted by Gasteiger charge is -2.43. The van der Waals surface area contributed by atoms with Crippen LogP contribution >= 0.6 is 0 Å². The van der Waals surface area contributed by atoms with Gasteiger partial charge in [-0.2, -0.15) is 4.98 Å². The number of rotatable bonds is 4. The smallest absolute Gasteiger partial charge is 0.313 e. The maximum Gasteiger partial charge on any atom is 0.313 e. The van der Waals surface area contributed by atoms with Crippen LogP contribution in [0.1, 0.15) is 49.7 Å². The second kappa shape index (κ2) is 5.75. The second-order valence-corrected chi connectivity index (χ2v) is 6.36. The second-order valence-electron chi connectivity index (χ2n) is 6.36. The molecule has 2 fully saturated rings. The van der Waals surface area contributed by atoms with E-state index < -0.39 is 0 Å². The fourth-order valence-corrected chi connectivity index (χ4v) is 3.49. The summed E-state index contributed by atoms with van der Waals surface area (Å²) in [4.78, 5) is 18.7. The fraction of sp³-hybridized carbons (Fsp3) is 0.800. The predicted octanol–water partition coefficient (Wildman–Crippen LogP) is 1.90. The summed E-state index contributed by atoms with van der Waals surface area (Å²) in [5.41, 5.74) is -0.247. The molecule has 2 heterocycles. The zero-order valence-corrected chi connectivity index (χ0v) is 12.8. The van der Waals surface area contributed by atoms with Crippen molar-refractivity contribution in [3.63, 3.8) is 0 Å². The highest BCUT2D eigenvalue weighted by Gasteiger charge is 2.46. The van der Waals surface area contributed by atoms with Gasteiger partial charge in [0.2, 0.25) is 5.89 Å². The molecule has 1 aromatic rings. The topological polar surface area (TPSA) is 68.5 Å². The van der Waals surface area contributed by atoms with Crippen molar-refractivity contribution < 1.29 is 14.1 Å². The van der Waals surface area contributed by atoms with Crippen LogP contribution in [0.4, 0.5) is 0 Å². The summed E-state index contributed by atoms with van der Waals surface area (Å²) in [7, 11) is 1.49. The molecule has 1 aliphatic heterocycles. The summed E-state index contributed by atoms with van der Waals surface area (Å²) in [6.07, 6.45) is 5.08. The zero-order chi connectivity index (χ0) is 14.9. The largest absolute Gasteiger partial charge is 0.469 e. The van der Waals surface area contributed by atoms with E-state index in [1.807, 2.05) is 6.92 Å². The van der Waals surface area contributed by atoms with E-state index in [2.05, 4.69) is 15.0 Å². The Balaban J connectivity index is 1.55. The van der Waals surface area contributed by atoms with Gasteiger partial charge < -0.3 is 14.2 Å². The number of nitrogens with zero attached hydrogens (tertiary/aromatic N) is 3. The number of ether oxygens (including phenoxy) is 1. The molecule has 116 valence electrons. The SMILES string of the molecule is COC(=O)C1(CN2CCC(c3nc(C)no3)CC2)CCC1. The van der Waals surface area contributed by atoms with Crippen LogP contribution in [0.3, 0.4) is 0 Å². The molecular weight excluding hydrogens is 270 g/mol. The summed E-state index contributed by atoms with van der Waals surface area (Å²) >= 11 is 0. The van der Waals surface area contributed by atoms with Crippen molar-refractivity contribution >= 4 is 5.97 Å². The van der Waals surface area contributed by atoms with Crippen molar-refractivity contribution in [1.82, 2.24) is 15.0 Å². The molecule has 6 heteroatoms. The Labute approximate surface area is 124 Å². The van der Waals surface area contributed by atoms with E-state index in [4.69, 9.17) is 9.26 Å². The van der Waals surface area contributed by atoms with Crippen LogP contribution in [0.2, 0.25) is 0 Å². The van der Waals surface area contributed by atoms with Gasteiger partial charge in [-0.05, 0) is 45.7 Å². The lowest BCUT2D eigenvalue weighted by Crippen LogP contribution is -2.50. The predicted molar refractivity (Wildman–Crippen MR) is 75.8 cm³/mol. The lowest BCUT2D eigenvalue weighted by molar-refractivity contribution is -0.160. The van der Waals surface area contributed by atoms with Crippen LogP contribution in [0.5, 0.6) is 0 Å². The number of carbonyl (C=O) groups excluding carboxylic acids is 1. The summed E-state index contributed by atoms with van der Waals surface area (Å²) in [5, 5.41) is 3.87. The molecule has 1 aromatic heterocycles. The highest BCUT2D eigenvalue weighted by molar-refractivity contribution is 5.78. The zero-order valence-electron chi connectivity index (χ0n) is 12.8. The van der Waals surface area contributed by atoms with Gasteiger partial charge in [0.15, 0.2) is 5.82 Å². The first-order valence-corrected chi connectivity index (χ1v) is 7.74. The molecule has 2 aliphatic rings. The molecule has 3 rings (SSSR count). The van der Waals surface area contributed by atoms with Crippen molar-refractivity contribution in [2.45, 2.75) is 44.9 Å². The Kier molecular flexibility index (Phi) is 3.97. The van der Waals surface area contributed by atoms with Crippen LogP contribution in [-0.4, -0.2) is 47.8 Å². The average Bonchev–Trinajstić information content (AvgIpc) is 2.89. The van der Waals surface area contributed by atoms with E-state index >= 15 is 0 Å². The minimum atomic E-state index is -0.247. The Bertz CT molecular complexity index is 502. The highest BCUT2D eigenvalue weighted by Crippen LogP contribution is 2.43. The van der Waals surface area contributed by atoms with Crippen LogP contribution in [-0.2, 0) is 9.53 Å². The first kappa shape index (κ1) is 14.5. The number of hydrogen-bond donors (Lipinski definition) is 0. The van der Waals surface area contributed by atoms with E-state index in [0.29, 0.717) is 11.7 Å². The van der Waals surface area contributed by atoms with Crippen LogP contribution in [0.15, 0.2) is 4.52 Å². The molecule has 21 heavy (non-hydrogen) atoms. The van der Waals surface area contributed by atoms with E-state index in [0.717, 1.165) is 57.6 Å². The molecule has 6 nitrogen and oxygen atoms in total. The van der Waals surface area contributed by atoms with Gasteiger partial charge in [-0.3, -0.25) is 4.79 Å². The Morgan fingerprint density at radius 1 is 1.43 bits per heavy atom. The number of likely N-dealkylation sites (tertiary alicyclic amines) is 1. The number of esters is 1. The number of piperidine rings is 1. The molecule has 1 saturated carbocycles. The van der Waals surface area contributed by atoms with Crippen molar-refractivity contribution in [2.24, 2.45) is 5.41 Å². The van der Waals surface area contributed by atoms with Gasteiger partial charge in [0, 0.05) is 12.5 Å². The number of carbonyl (C=O) groups is 1. The van der Waals surface area contributed by atoms with E-state index in [9.17, 15) is 4.79 Å². The number of aromatic nitrogens is 2. The monoisotopic (exact) mass is 293 g/mol. The van der Waals surface area contributed by atoms with E-state index in [1.165, 1.54) is 7.11 Å². The quantitative estimate of drug-likeness (QED) is 0.790. The Morgan fingerprint density at radius 3 is 2.62 bits per heavy atom. The minimum Gasteiger partial charge on any atom is -0.469 e. The molecular formula is C15H23N3O3. The summed E-state index contributed by atoms with van der Waals surface area (Å²) < 4.78 is 10.3. The maximum atomic E-state index is 12.0. The van der Waals surface area contributed by atoms with Crippen molar-refractivity contribution in [3.8, 4) is 0 Å². The Hall–Kier alpha value is -1.43. The van der Waals surface area contributed by atoms with Gasteiger partial charge in [-0.1, -0.05) is 11.6 Å². The van der Waals surface area contributed by atoms with Gasteiger partial charge >= 0.3 is 5.97 Å². The minimum absolute atomic E-state index is 0.0385. The number of aryl methyl sites for hydroxylation is 1. The van der Waals surface area contributed by atoms with Crippen molar-refractivity contribution in [3.05, 3.63) is 11.7 Å². The Morgan fingerprint density at radius 2 is 2.14 bits per heavy atom. The summed E-state index contributed by atoms with van der Waals surface area (Å²) in [6.45, 7) is 4.63. The third-order valence-corrected chi connectivity index (χ3v) is 4.94. The molecule has 0 spiro atoms. The molecule has 0 radical (unpaired) electrons. The van der Waals surface area contributed by atoms with Gasteiger partial charge in [0.1, 0.15) is 0 Å². The first-order chi connectivity index (χ1) is 10.1. The maximum absolute atomic E-state index is 12.0. The third-order valence-electron chi connectivity index (χ3n) is 4.94. The standard InChI is InChI=1S/C15H23N3O3/c1-11-16-13(21-17-11)12-4-8-18(9-5-12)10-15(6-3-7-15)14(19)20-2/h12H,3-10H2,1-2H3. The summed E-state index contributed by atoms with van der Waals surface area (Å²) in [5.74, 6) is 1.78. The van der Waals surface area contributed by atoms with Gasteiger partial charge in [0.25, 0.3) is 0 Å². The molecule has 0 N–H and O–H groups in total. The number of hydrogen-bond acceptors (Lipinski definition) is 6. The number of methoxy groups -OCH3 is 1. The fourth-order valence-electron chi connectivity index (χ4n) is 3.49. The highest BCUT2D eigenvalue weighted by atomic mass is 16.5. The van der Waals surface area contributed by atoms with Crippen LogP contribution < -0.4 is 0 Å². The molecule has 0 unspecified atom stereocenters. The van der Waals surface area contributed by atoms with Crippen molar-refractivity contribution in [2.75, 3.05) is 26.7 Å². The molecule has 0 bridgehead atoms.